The van der Waals surface area contributed by atoms with E-state index >= 15 is 0 Å². The molecule has 0 saturated carbocycles. The molecule has 2 aromatic rings. The molecule has 19 heavy (non-hydrogen) atoms. The molecule has 0 fully saturated rings. The first-order valence-electron chi connectivity index (χ1n) is 5.97. The van der Waals surface area contributed by atoms with Crippen LogP contribution in [0.2, 0.25) is 0 Å². The normalized spacial score (nSPS) is 10.2. The van der Waals surface area contributed by atoms with E-state index in [9.17, 15) is 4.79 Å². The molecule has 0 aliphatic carbocycles. The number of hydrogen-bond acceptors (Lipinski definition) is 3. The molecular formula is C15H16N2O2. The fourth-order valence-electron chi connectivity index (χ4n) is 1.77. The number of amides is 1. The minimum absolute atomic E-state index is 0.449. The molecule has 0 bridgehead atoms. The van der Waals surface area contributed by atoms with Crippen LogP contribution in [0, 0.1) is 6.92 Å². The third-order valence-corrected chi connectivity index (χ3v) is 2.84. The number of rotatable bonds is 4. The van der Waals surface area contributed by atoms with E-state index in [2.05, 4.69) is 0 Å². The Hall–Kier alpha value is -2.33. The van der Waals surface area contributed by atoms with Crippen LogP contribution in [-0.4, -0.2) is 5.91 Å². The highest BCUT2D eigenvalue weighted by molar-refractivity contribution is 5.92. The van der Waals surface area contributed by atoms with Crippen LogP contribution in [0.5, 0.6) is 11.5 Å². The maximum Gasteiger partial charge on any atom is 0.248 e. The van der Waals surface area contributed by atoms with Crippen LogP contribution in [0.1, 0.15) is 21.5 Å². The lowest BCUT2D eigenvalue weighted by Gasteiger charge is -2.10. The number of nitrogens with two attached hydrogens (primary N) is 2. The molecule has 4 nitrogen and oxygen atoms in total. The number of carbonyl (C=O) groups excluding carboxylic acids is 1. The molecule has 0 aliphatic rings. The van der Waals surface area contributed by atoms with Gasteiger partial charge in [0.25, 0.3) is 0 Å². The standard InChI is InChI=1S/C15H16N2O2/c1-10-8-11(9-16)2-7-14(10)19-13-5-3-12(4-6-13)15(17)18/h2-8H,9,16H2,1H3,(H2,17,18). The fourth-order valence-corrected chi connectivity index (χ4v) is 1.77. The van der Waals surface area contributed by atoms with E-state index in [1.165, 1.54) is 0 Å². The van der Waals surface area contributed by atoms with Gasteiger partial charge in [-0.05, 0) is 48.4 Å². The van der Waals surface area contributed by atoms with Crippen LogP contribution in [0.25, 0.3) is 0 Å². The van der Waals surface area contributed by atoms with Gasteiger partial charge in [0.15, 0.2) is 0 Å². The Morgan fingerprint density at radius 1 is 1.16 bits per heavy atom. The molecule has 2 aromatic carbocycles. The Morgan fingerprint density at radius 2 is 1.84 bits per heavy atom. The lowest BCUT2D eigenvalue weighted by atomic mass is 10.1. The highest BCUT2D eigenvalue weighted by atomic mass is 16.5. The number of hydrogen-bond donors (Lipinski definition) is 2. The molecule has 0 aromatic heterocycles. The van der Waals surface area contributed by atoms with Crippen LogP contribution in [0.4, 0.5) is 0 Å². The summed E-state index contributed by atoms with van der Waals surface area (Å²) in [6.07, 6.45) is 0. The van der Waals surface area contributed by atoms with E-state index in [1.54, 1.807) is 24.3 Å². The highest BCUT2D eigenvalue weighted by Gasteiger charge is 2.04. The quantitative estimate of drug-likeness (QED) is 0.881. The average molecular weight is 256 g/mol. The lowest BCUT2D eigenvalue weighted by molar-refractivity contribution is 0.100. The molecule has 0 heterocycles. The SMILES string of the molecule is Cc1cc(CN)ccc1Oc1ccc(C(N)=O)cc1. The second-order valence-electron chi connectivity index (χ2n) is 4.29. The Kier molecular flexibility index (Phi) is 3.82. The van der Waals surface area contributed by atoms with Crippen LogP contribution in [0.15, 0.2) is 42.5 Å². The predicted octanol–water partition coefficient (Wildman–Crippen LogP) is 2.34. The molecule has 1 amide bonds. The van der Waals surface area contributed by atoms with Crippen molar-refractivity contribution in [2.24, 2.45) is 11.5 Å². The summed E-state index contributed by atoms with van der Waals surface area (Å²) in [7, 11) is 0. The summed E-state index contributed by atoms with van der Waals surface area (Å²) >= 11 is 0. The second-order valence-corrected chi connectivity index (χ2v) is 4.29. The summed E-state index contributed by atoms with van der Waals surface area (Å²) in [5.41, 5.74) is 13.3. The lowest BCUT2D eigenvalue weighted by Crippen LogP contribution is -2.10. The minimum Gasteiger partial charge on any atom is -0.457 e. The molecule has 0 atom stereocenters. The van der Waals surface area contributed by atoms with Gasteiger partial charge in [-0.15, -0.1) is 0 Å². The zero-order valence-electron chi connectivity index (χ0n) is 10.7. The van der Waals surface area contributed by atoms with Gasteiger partial charge in [-0.1, -0.05) is 12.1 Å². The maximum atomic E-state index is 11.0. The first kappa shape index (κ1) is 13.1. The summed E-state index contributed by atoms with van der Waals surface area (Å²) in [5, 5.41) is 0. The fraction of sp³-hybridized carbons (Fsp3) is 0.133. The van der Waals surface area contributed by atoms with Crippen LogP contribution >= 0.6 is 0 Å². The average Bonchev–Trinajstić information content (AvgIpc) is 2.41. The summed E-state index contributed by atoms with van der Waals surface area (Å²) in [6, 6.07) is 12.5. The van der Waals surface area contributed by atoms with E-state index in [4.69, 9.17) is 16.2 Å². The molecule has 2 rings (SSSR count). The number of primary amides is 1. The van der Waals surface area contributed by atoms with Crippen molar-refractivity contribution in [1.29, 1.82) is 0 Å². The first-order valence-corrected chi connectivity index (χ1v) is 5.97. The molecule has 0 unspecified atom stereocenters. The summed E-state index contributed by atoms with van der Waals surface area (Å²) in [4.78, 5) is 11.0. The maximum absolute atomic E-state index is 11.0. The number of carbonyl (C=O) groups is 1. The Morgan fingerprint density at radius 3 is 2.37 bits per heavy atom. The monoisotopic (exact) mass is 256 g/mol. The number of aryl methyl sites for hydroxylation is 1. The third-order valence-electron chi connectivity index (χ3n) is 2.84. The smallest absolute Gasteiger partial charge is 0.248 e. The molecule has 4 N–H and O–H groups in total. The van der Waals surface area contributed by atoms with Crippen molar-refractivity contribution in [2.45, 2.75) is 13.5 Å². The minimum atomic E-state index is -0.449. The van der Waals surface area contributed by atoms with E-state index < -0.39 is 5.91 Å². The van der Waals surface area contributed by atoms with Gasteiger partial charge in [-0.3, -0.25) is 4.79 Å². The zero-order valence-corrected chi connectivity index (χ0v) is 10.7. The van der Waals surface area contributed by atoms with E-state index in [1.807, 2.05) is 25.1 Å². The predicted molar refractivity (Wildman–Crippen MR) is 74.1 cm³/mol. The van der Waals surface area contributed by atoms with Crippen LogP contribution in [0.3, 0.4) is 0 Å². The van der Waals surface area contributed by atoms with E-state index in [0.29, 0.717) is 17.9 Å². The molecule has 0 saturated heterocycles. The summed E-state index contributed by atoms with van der Waals surface area (Å²) in [5.74, 6) is 0.979. The van der Waals surface area contributed by atoms with Gasteiger partial charge in [-0.25, -0.2) is 0 Å². The molecule has 0 radical (unpaired) electrons. The largest absolute Gasteiger partial charge is 0.457 e. The molecule has 98 valence electrons. The van der Waals surface area contributed by atoms with Crippen molar-refractivity contribution >= 4 is 5.91 Å². The van der Waals surface area contributed by atoms with Gasteiger partial charge < -0.3 is 16.2 Å². The van der Waals surface area contributed by atoms with Gasteiger partial charge >= 0.3 is 0 Å². The number of benzene rings is 2. The highest BCUT2D eigenvalue weighted by Crippen LogP contribution is 2.25. The van der Waals surface area contributed by atoms with Crippen molar-refractivity contribution < 1.29 is 9.53 Å². The Bertz CT molecular complexity index is 592. The second kappa shape index (κ2) is 5.54. The van der Waals surface area contributed by atoms with Crippen LogP contribution in [-0.2, 0) is 6.54 Å². The van der Waals surface area contributed by atoms with Gasteiger partial charge in [0, 0.05) is 12.1 Å². The topological polar surface area (TPSA) is 78.3 Å². The molecule has 0 spiro atoms. The van der Waals surface area contributed by atoms with E-state index in [-0.39, 0.29) is 0 Å². The molecule has 0 aliphatic heterocycles. The summed E-state index contributed by atoms with van der Waals surface area (Å²) in [6.45, 7) is 2.47. The summed E-state index contributed by atoms with van der Waals surface area (Å²) < 4.78 is 5.75. The van der Waals surface area contributed by atoms with Crippen molar-refractivity contribution in [3.05, 3.63) is 59.2 Å². The van der Waals surface area contributed by atoms with Crippen molar-refractivity contribution in [3.8, 4) is 11.5 Å². The van der Waals surface area contributed by atoms with Gasteiger partial charge in [0.2, 0.25) is 5.91 Å². The zero-order chi connectivity index (χ0) is 13.8. The molecular weight excluding hydrogens is 240 g/mol. The number of ether oxygens (including phenoxy) is 1. The van der Waals surface area contributed by atoms with Crippen molar-refractivity contribution in [2.75, 3.05) is 0 Å². The van der Waals surface area contributed by atoms with Gasteiger partial charge in [0.05, 0.1) is 0 Å². The van der Waals surface area contributed by atoms with Crippen molar-refractivity contribution in [1.82, 2.24) is 0 Å². The molecule has 4 heteroatoms. The van der Waals surface area contributed by atoms with Crippen LogP contribution < -0.4 is 16.2 Å². The van der Waals surface area contributed by atoms with Gasteiger partial charge in [-0.2, -0.15) is 0 Å². The Labute approximate surface area is 112 Å². The Balaban J connectivity index is 2.19. The van der Waals surface area contributed by atoms with Gasteiger partial charge in [0.1, 0.15) is 11.5 Å². The first-order chi connectivity index (χ1) is 9.10. The third kappa shape index (κ3) is 3.11. The van der Waals surface area contributed by atoms with Crippen molar-refractivity contribution in [3.63, 3.8) is 0 Å². The van der Waals surface area contributed by atoms with E-state index in [0.717, 1.165) is 16.9 Å².